The first-order valence-electron chi connectivity index (χ1n) is 10.9. The van der Waals surface area contributed by atoms with Crippen molar-refractivity contribution < 1.29 is 21.6 Å². The first kappa shape index (κ1) is 25.2. The van der Waals surface area contributed by atoms with Crippen LogP contribution in [0.5, 0.6) is 0 Å². The summed E-state index contributed by atoms with van der Waals surface area (Å²) in [6, 6.07) is 16.3. The highest BCUT2D eigenvalue weighted by Gasteiger charge is 2.32. The summed E-state index contributed by atoms with van der Waals surface area (Å²) in [5.74, 6) is -0.673. The van der Waals surface area contributed by atoms with Gasteiger partial charge in [-0.25, -0.2) is 21.1 Å². The van der Waals surface area contributed by atoms with Crippen LogP contribution >= 0.6 is 0 Å². The molecule has 1 amide bonds. The van der Waals surface area contributed by atoms with Gasteiger partial charge in [0, 0.05) is 25.8 Å². The Morgan fingerprint density at radius 2 is 1.82 bits per heavy atom. The standard InChI is InChI=1S/C23H31N3O5S2/c1-25(32(2,28)29)22-14-6-13-21(17-22)24-23(27)20-12-7-15-26(18-20)33(30,31)16-8-11-19-9-4-3-5-10-19/h3-6,9-10,13-14,17,20H,7-8,11-12,15-16,18H2,1-2H3,(H,24,27)/t20-/m1/s1. The van der Waals surface area contributed by atoms with Crippen molar-refractivity contribution in [3.05, 3.63) is 60.2 Å². The number of sulfonamides is 2. The molecule has 1 N–H and O–H groups in total. The number of aryl methyl sites for hydroxylation is 1. The van der Waals surface area contributed by atoms with Crippen LogP contribution in [0.25, 0.3) is 0 Å². The molecule has 0 bridgehead atoms. The number of benzene rings is 2. The summed E-state index contributed by atoms with van der Waals surface area (Å²) < 4.78 is 51.8. The van der Waals surface area contributed by atoms with E-state index in [0.717, 1.165) is 16.1 Å². The van der Waals surface area contributed by atoms with Crippen LogP contribution in [0.3, 0.4) is 0 Å². The lowest BCUT2D eigenvalue weighted by atomic mass is 9.98. The average molecular weight is 494 g/mol. The number of carbonyl (C=O) groups excluding carboxylic acids is 1. The SMILES string of the molecule is CN(c1cccc(NC(=O)[C@@H]2CCCN(S(=O)(=O)CCCc3ccccc3)C2)c1)S(C)(=O)=O. The molecule has 3 rings (SSSR count). The van der Waals surface area contributed by atoms with Crippen LogP contribution < -0.4 is 9.62 Å². The molecule has 10 heteroatoms. The molecule has 1 saturated heterocycles. The number of nitrogens with one attached hydrogen (secondary N) is 1. The molecular formula is C23H31N3O5S2. The van der Waals surface area contributed by atoms with Crippen molar-refractivity contribution in [2.24, 2.45) is 5.92 Å². The second kappa shape index (κ2) is 10.7. The molecule has 0 aliphatic carbocycles. The molecule has 0 spiro atoms. The Bertz CT molecular complexity index is 1170. The Hall–Kier alpha value is -2.43. The van der Waals surface area contributed by atoms with Crippen molar-refractivity contribution in [2.75, 3.05) is 41.8 Å². The van der Waals surface area contributed by atoms with Crippen LogP contribution in [0.15, 0.2) is 54.6 Å². The smallest absolute Gasteiger partial charge is 0.231 e. The number of hydrogen-bond acceptors (Lipinski definition) is 5. The zero-order chi connectivity index (χ0) is 24.1. The van der Waals surface area contributed by atoms with Crippen molar-refractivity contribution in [3.8, 4) is 0 Å². The maximum absolute atomic E-state index is 12.9. The minimum atomic E-state index is -3.45. The summed E-state index contributed by atoms with van der Waals surface area (Å²) in [7, 11) is -5.43. The van der Waals surface area contributed by atoms with Crippen molar-refractivity contribution in [1.29, 1.82) is 0 Å². The van der Waals surface area contributed by atoms with E-state index < -0.39 is 26.0 Å². The van der Waals surface area contributed by atoms with Crippen LogP contribution in [0, 0.1) is 5.92 Å². The molecule has 1 aliphatic heterocycles. The molecule has 0 aromatic heterocycles. The minimum absolute atomic E-state index is 0.0517. The molecular weight excluding hydrogens is 462 g/mol. The fraction of sp³-hybridized carbons (Fsp3) is 0.435. The van der Waals surface area contributed by atoms with Gasteiger partial charge in [-0.05, 0) is 49.4 Å². The molecule has 1 aliphatic rings. The fourth-order valence-electron chi connectivity index (χ4n) is 3.86. The van der Waals surface area contributed by atoms with Gasteiger partial charge in [0.1, 0.15) is 0 Å². The van der Waals surface area contributed by atoms with Gasteiger partial charge in [-0.1, -0.05) is 36.4 Å². The number of anilines is 2. The Balaban J connectivity index is 1.59. The van der Waals surface area contributed by atoms with E-state index in [1.54, 1.807) is 24.3 Å². The maximum atomic E-state index is 12.9. The molecule has 2 aromatic carbocycles. The van der Waals surface area contributed by atoms with Gasteiger partial charge in [-0.3, -0.25) is 9.10 Å². The van der Waals surface area contributed by atoms with Crippen LogP contribution in [0.2, 0.25) is 0 Å². The van der Waals surface area contributed by atoms with Crippen molar-refractivity contribution >= 4 is 37.3 Å². The van der Waals surface area contributed by atoms with E-state index in [4.69, 9.17) is 0 Å². The second-order valence-corrected chi connectivity index (χ2v) is 12.5. The number of piperidine rings is 1. The number of carbonyl (C=O) groups is 1. The largest absolute Gasteiger partial charge is 0.326 e. The van der Waals surface area contributed by atoms with Gasteiger partial charge in [0.25, 0.3) is 0 Å². The summed E-state index contributed by atoms with van der Waals surface area (Å²) in [4.78, 5) is 12.9. The van der Waals surface area contributed by atoms with E-state index in [9.17, 15) is 21.6 Å². The average Bonchev–Trinajstić information content (AvgIpc) is 2.79. The molecule has 0 saturated carbocycles. The second-order valence-electron chi connectivity index (χ2n) is 8.37. The number of hydrogen-bond donors (Lipinski definition) is 1. The quantitative estimate of drug-likeness (QED) is 0.578. The summed E-state index contributed by atoms with van der Waals surface area (Å²) in [5, 5.41) is 2.81. The highest BCUT2D eigenvalue weighted by Crippen LogP contribution is 2.24. The zero-order valence-corrected chi connectivity index (χ0v) is 20.6. The monoisotopic (exact) mass is 493 g/mol. The lowest BCUT2D eigenvalue weighted by Gasteiger charge is -2.31. The van der Waals surface area contributed by atoms with E-state index in [0.29, 0.717) is 43.6 Å². The van der Waals surface area contributed by atoms with Gasteiger partial charge in [-0.15, -0.1) is 0 Å². The van der Waals surface area contributed by atoms with Gasteiger partial charge in [0.2, 0.25) is 26.0 Å². The highest BCUT2D eigenvalue weighted by molar-refractivity contribution is 7.92. The van der Waals surface area contributed by atoms with Gasteiger partial charge < -0.3 is 5.32 Å². The third-order valence-electron chi connectivity index (χ3n) is 5.83. The normalized spacial score (nSPS) is 17.5. The van der Waals surface area contributed by atoms with Crippen LogP contribution in [-0.4, -0.2) is 59.2 Å². The predicted octanol–water partition coefficient (Wildman–Crippen LogP) is 2.70. The van der Waals surface area contributed by atoms with Gasteiger partial charge >= 0.3 is 0 Å². The Morgan fingerprint density at radius 3 is 2.52 bits per heavy atom. The molecule has 180 valence electrons. The van der Waals surface area contributed by atoms with Gasteiger partial charge in [0.05, 0.1) is 23.6 Å². The first-order valence-corrected chi connectivity index (χ1v) is 14.4. The molecule has 1 heterocycles. The third-order valence-corrected chi connectivity index (χ3v) is 8.96. The van der Waals surface area contributed by atoms with Crippen LogP contribution in [-0.2, 0) is 31.3 Å². The Labute approximate surface area is 196 Å². The Kier molecular flexibility index (Phi) is 8.14. The zero-order valence-electron chi connectivity index (χ0n) is 19.0. The van der Waals surface area contributed by atoms with E-state index in [-0.39, 0.29) is 18.2 Å². The molecule has 1 atom stereocenters. The lowest BCUT2D eigenvalue weighted by molar-refractivity contribution is -0.120. The van der Waals surface area contributed by atoms with Gasteiger partial charge in [-0.2, -0.15) is 0 Å². The van der Waals surface area contributed by atoms with E-state index in [2.05, 4.69) is 5.32 Å². The molecule has 0 unspecified atom stereocenters. The molecule has 8 nitrogen and oxygen atoms in total. The topological polar surface area (TPSA) is 104 Å². The molecule has 1 fully saturated rings. The summed E-state index contributed by atoms with van der Waals surface area (Å²) >= 11 is 0. The predicted molar refractivity (Wildman–Crippen MR) is 131 cm³/mol. The summed E-state index contributed by atoms with van der Waals surface area (Å²) in [6.45, 7) is 0.578. The first-order chi connectivity index (χ1) is 15.6. The van der Waals surface area contributed by atoms with E-state index >= 15 is 0 Å². The molecule has 0 radical (unpaired) electrons. The summed E-state index contributed by atoms with van der Waals surface area (Å²) in [6.07, 6.45) is 3.54. The lowest BCUT2D eigenvalue weighted by Crippen LogP contribution is -2.44. The van der Waals surface area contributed by atoms with E-state index in [1.165, 1.54) is 11.4 Å². The maximum Gasteiger partial charge on any atom is 0.231 e. The van der Waals surface area contributed by atoms with Gasteiger partial charge in [0.15, 0.2) is 0 Å². The third kappa shape index (κ3) is 7.02. The van der Waals surface area contributed by atoms with Crippen LogP contribution in [0.4, 0.5) is 11.4 Å². The van der Waals surface area contributed by atoms with Crippen molar-refractivity contribution in [1.82, 2.24) is 4.31 Å². The number of rotatable bonds is 9. The van der Waals surface area contributed by atoms with E-state index in [1.807, 2.05) is 30.3 Å². The minimum Gasteiger partial charge on any atom is -0.326 e. The highest BCUT2D eigenvalue weighted by atomic mass is 32.2. The fourth-order valence-corrected chi connectivity index (χ4v) is 5.94. The summed E-state index contributed by atoms with van der Waals surface area (Å²) in [5.41, 5.74) is 2.00. The molecule has 2 aromatic rings. The molecule has 33 heavy (non-hydrogen) atoms. The number of nitrogens with zero attached hydrogens (tertiary/aromatic N) is 2. The number of amides is 1. The van der Waals surface area contributed by atoms with Crippen molar-refractivity contribution in [3.63, 3.8) is 0 Å². The van der Waals surface area contributed by atoms with Crippen LogP contribution in [0.1, 0.15) is 24.8 Å². The van der Waals surface area contributed by atoms with Crippen molar-refractivity contribution in [2.45, 2.75) is 25.7 Å². The Morgan fingerprint density at radius 1 is 1.09 bits per heavy atom.